The zero-order chi connectivity index (χ0) is 19.6. The Kier molecular flexibility index (Phi) is 6.07. The van der Waals surface area contributed by atoms with Crippen LogP contribution < -0.4 is 5.32 Å². The van der Waals surface area contributed by atoms with Crippen LogP contribution in [0.1, 0.15) is 11.3 Å². The van der Waals surface area contributed by atoms with E-state index in [1.807, 2.05) is 0 Å². The van der Waals surface area contributed by atoms with E-state index in [0.29, 0.717) is 43.0 Å². The molecule has 0 radical (unpaired) electrons. The molecule has 5 nitrogen and oxygen atoms in total. The molecular formula is C18H12Cl4N4O. The second-order valence-corrected chi connectivity index (χ2v) is 7.22. The van der Waals surface area contributed by atoms with Crippen LogP contribution in [0.15, 0.2) is 42.6 Å². The van der Waals surface area contributed by atoms with Crippen LogP contribution in [0.3, 0.4) is 0 Å². The van der Waals surface area contributed by atoms with Crippen LogP contribution in [0, 0.1) is 6.92 Å². The van der Waals surface area contributed by atoms with Gasteiger partial charge in [0.15, 0.2) is 5.82 Å². The summed E-state index contributed by atoms with van der Waals surface area (Å²) in [6, 6.07) is 8.27. The Bertz CT molecular complexity index is 1050. The molecule has 0 saturated heterocycles. The van der Waals surface area contributed by atoms with Crippen molar-refractivity contribution in [3.8, 4) is 5.82 Å². The van der Waals surface area contributed by atoms with Crippen LogP contribution in [-0.2, 0) is 4.79 Å². The quantitative estimate of drug-likeness (QED) is 0.517. The molecule has 1 aromatic carbocycles. The van der Waals surface area contributed by atoms with Gasteiger partial charge in [-0.1, -0.05) is 52.5 Å². The highest BCUT2D eigenvalue weighted by molar-refractivity contribution is 6.36. The minimum absolute atomic E-state index is 0.310. The molecule has 0 unspecified atom stereocenters. The Morgan fingerprint density at radius 1 is 1.07 bits per heavy atom. The van der Waals surface area contributed by atoms with E-state index >= 15 is 0 Å². The smallest absolute Gasteiger partial charge is 0.249 e. The number of benzene rings is 1. The third-order valence-electron chi connectivity index (χ3n) is 3.45. The van der Waals surface area contributed by atoms with Crippen LogP contribution in [0.2, 0.25) is 20.1 Å². The summed E-state index contributed by atoms with van der Waals surface area (Å²) in [5.74, 6) is 0.405. The Morgan fingerprint density at radius 3 is 2.52 bits per heavy atom. The molecule has 2 aromatic heterocycles. The first kappa shape index (κ1) is 19.7. The summed E-state index contributed by atoms with van der Waals surface area (Å²) < 4.78 is 1.44. The number of pyridine rings is 1. The molecule has 0 spiro atoms. The molecule has 27 heavy (non-hydrogen) atoms. The number of rotatable bonds is 4. The van der Waals surface area contributed by atoms with E-state index in [0.717, 1.165) is 0 Å². The van der Waals surface area contributed by atoms with Crippen molar-refractivity contribution in [1.29, 1.82) is 0 Å². The highest BCUT2D eigenvalue weighted by atomic mass is 35.5. The fourth-order valence-corrected chi connectivity index (χ4v) is 3.21. The van der Waals surface area contributed by atoms with Gasteiger partial charge < -0.3 is 5.32 Å². The van der Waals surface area contributed by atoms with Gasteiger partial charge in [-0.15, -0.1) is 0 Å². The average molecular weight is 442 g/mol. The summed E-state index contributed by atoms with van der Waals surface area (Å²) in [5.41, 5.74) is 1.35. The van der Waals surface area contributed by atoms with Crippen molar-refractivity contribution in [3.63, 3.8) is 0 Å². The maximum absolute atomic E-state index is 12.3. The van der Waals surface area contributed by atoms with Gasteiger partial charge in [0.25, 0.3) is 0 Å². The number of carbonyl (C=O) groups is 1. The summed E-state index contributed by atoms with van der Waals surface area (Å²) in [7, 11) is 0. The van der Waals surface area contributed by atoms with E-state index in [1.165, 1.54) is 17.0 Å². The largest absolute Gasteiger partial charge is 0.307 e. The zero-order valence-electron chi connectivity index (χ0n) is 13.9. The minimum Gasteiger partial charge on any atom is -0.307 e. The van der Waals surface area contributed by atoms with Gasteiger partial charge in [0.05, 0.1) is 15.7 Å². The summed E-state index contributed by atoms with van der Waals surface area (Å²) in [6.07, 6.45) is 4.40. The van der Waals surface area contributed by atoms with Crippen molar-refractivity contribution >= 4 is 64.2 Å². The normalized spacial score (nSPS) is 11.1. The number of amides is 1. The van der Waals surface area contributed by atoms with Gasteiger partial charge in [-0.25, -0.2) is 4.98 Å². The van der Waals surface area contributed by atoms with E-state index in [9.17, 15) is 4.79 Å². The van der Waals surface area contributed by atoms with Crippen molar-refractivity contribution in [2.75, 3.05) is 5.32 Å². The molecule has 3 rings (SSSR count). The maximum atomic E-state index is 12.3. The van der Waals surface area contributed by atoms with E-state index in [2.05, 4.69) is 15.4 Å². The molecule has 0 aliphatic carbocycles. The van der Waals surface area contributed by atoms with Crippen molar-refractivity contribution < 1.29 is 4.79 Å². The van der Waals surface area contributed by atoms with Crippen LogP contribution in [0.25, 0.3) is 11.9 Å². The van der Waals surface area contributed by atoms with E-state index in [-0.39, 0.29) is 5.91 Å². The number of aryl methyl sites for hydroxylation is 1. The highest BCUT2D eigenvalue weighted by Crippen LogP contribution is 2.25. The summed E-state index contributed by atoms with van der Waals surface area (Å²) in [4.78, 5) is 16.5. The third kappa shape index (κ3) is 4.82. The Labute approximate surface area is 175 Å². The lowest BCUT2D eigenvalue weighted by atomic mass is 10.2. The van der Waals surface area contributed by atoms with Gasteiger partial charge in [-0.2, -0.15) is 9.78 Å². The number of aromatic nitrogens is 3. The average Bonchev–Trinajstić information content (AvgIpc) is 2.94. The molecule has 0 aliphatic rings. The van der Waals surface area contributed by atoms with Crippen LogP contribution >= 0.6 is 46.4 Å². The fourth-order valence-electron chi connectivity index (χ4n) is 2.28. The first-order valence-electron chi connectivity index (χ1n) is 7.65. The Balaban J connectivity index is 1.83. The van der Waals surface area contributed by atoms with Gasteiger partial charge in [0.2, 0.25) is 5.91 Å². The monoisotopic (exact) mass is 440 g/mol. The molecule has 1 amide bonds. The van der Waals surface area contributed by atoms with Gasteiger partial charge in [0, 0.05) is 28.4 Å². The standard InChI is InChI=1S/C18H12Cl4N4O/c1-10-6-16(26(25-10)18-15(22)8-13(20)9-23-18)24-17(27)5-3-11-2-4-12(19)7-14(11)21/h2-9H,1H3,(H,24,27)/b5-3+. The molecule has 0 saturated carbocycles. The molecular weight excluding hydrogens is 430 g/mol. The van der Waals surface area contributed by atoms with E-state index < -0.39 is 0 Å². The molecule has 0 bridgehead atoms. The molecule has 0 atom stereocenters. The Morgan fingerprint density at radius 2 is 1.81 bits per heavy atom. The lowest BCUT2D eigenvalue weighted by Gasteiger charge is -2.08. The molecule has 0 fully saturated rings. The summed E-state index contributed by atoms with van der Waals surface area (Å²) in [6.45, 7) is 1.79. The minimum atomic E-state index is -0.368. The number of nitrogens with zero attached hydrogens (tertiary/aromatic N) is 3. The number of halogens is 4. The SMILES string of the molecule is Cc1cc(NC(=O)/C=C/c2ccc(Cl)cc2Cl)n(-c2ncc(Cl)cc2Cl)n1. The number of hydrogen-bond donors (Lipinski definition) is 1. The van der Waals surface area contributed by atoms with Crippen LogP contribution in [0.4, 0.5) is 5.82 Å². The van der Waals surface area contributed by atoms with Crippen LogP contribution in [0.5, 0.6) is 0 Å². The van der Waals surface area contributed by atoms with Crippen molar-refractivity contribution in [3.05, 3.63) is 74.0 Å². The molecule has 138 valence electrons. The van der Waals surface area contributed by atoms with Crippen molar-refractivity contribution in [2.24, 2.45) is 0 Å². The molecule has 3 aromatic rings. The Hall–Kier alpha value is -2.05. The first-order chi connectivity index (χ1) is 12.8. The topological polar surface area (TPSA) is 59.8 Å². The zero-order valence-corrected chi connectivity index (χ0v) is 16.9. The van der Waals surface area contributed by atoms with Crippen molar-refractivity contribution in [2.45, 2.75) is 6.92 Å². The van der Waals surface area contributed by atoms with Gasteiger partial charge in [-0.05, 0) is 36.8 Å². The van der Waals surface area contributed by atoms with Crippen molar-refractivity contribution in [1.82, 2.24) is 14.8 Å². The fraction of sp³-hybridized carbons (Fsp3) is 0.0556. The molecule has 1 N–H and O–H groups in total. The van der Waals surface area contributed by atoms with Gasteiger partial charge in [-0.3, -0.25) is 4.79 Å². The number of carbonyl (C=O) groups excluding carboxylic acids is 1. The van der Waals surface area contributed by atoms with E-state index in [4.69, 9.17) is 46.4 Å². The molecule has 2 heterocycles. The second-order valence-electron chi connectivity index (χ2n) is 5.53. The van der Waals surface area contributed by atoms with Crippen LogP contribution in [-0.4, -0.2) is 20.7 Å². The predicted molar refractivity (Wildman–Crippen MR) is 110 cm³/mol. The molecule has 0 aliphatic heterocycles. The van der Waals surface area contributed by atoms with E-state index in [1.54, 1.807) is 43.3 Å². The van der Waals surface area contributed by atoms with Gasteiger partial charge in [0.1, 0.15) is 5.82 Å². The lowest BCUT2D eigenvalue weighted by Crippen LogP contribution is -2.13. The summed E-state index contributed by atoms with van der Waals surface area (Å²) >= 11 is 24.0. The summed E-state index contributed by atoms with van der Waals surface area (Å²) in [5, 5.41) is 8.75. The number of nitrogens with one attached hydrogen (secondary N) is 1. The predicted octanol–water partition coefficient (Wildman–Crippen LogP) is 5.84. The highest BCUT2D eigenvalue weighted by Gasteiger charge is 2.14. The molecule has 9 heteroatoms. The lowest BCUT2D eigenvalue weighted by molar-refractivity contribution is -0.111. The number of anilines is 1. The third-order valence-corrected chi connectivity index (χ3v) is 4.50. The number of hydrogen-bond acceptors (Lipinski definition) is 3. The second kappa shape index (κ2) is 8.31. The maximum Gasteiger partial charge on any atom is 0.249 e. The van der Waals surface area contributed by atoms with Gasteiger partial charge >= 0.3 is 0 Å². The first-order valence-corrected chi connectivity index (χ1v) is 9.17.